The second kappa shape index (κ2) is 13.3. The number of piperazine rings is 1. The lowest BCUT2D eigenvalue weighted by atomic mass is 10.0. The molecule has 10 heteroatoms. The van der Waals surface area contributed by atoms with E-state index in [1.165, 1.54) is 18.2 Å². The van der Waals surface area contributed by atoms with Crippen LogP contribution in [0.15, 0.2) is 54.7 Å². The summed E-state index contributed by atoms with van der Waals surface area (Å²) in [5, 5.41) is 3.15. The van der Waals surface area contributed by atoms with Gasteiger partial charge in [-0.05, 0) is 48.4 Å². The minimum atomic E-state index is -0.489. The lowest BCUT2D eigenvalue weighted by Crippen LogP contribution is -2.47. The fourth-order valence-corrected chi connectivity index (χ4v) is 4.33. The maximum atomic E-state index is 13.6. The Balaban J connectivity index is 1.64. The highest BCUT2D eigenvalue weighted by Crippen LogP contribution is 2.32. The molecule has 0 spiro atoms. The summed E-state index contributed by atoms with van der Waals surface area (Å²) in [7, 11) is 1.71. The minimum Gasteiger partial charge on any atom is -0.463 e. The molecule has 0 radical (unpaired) electrons. The number of benzene rings is 2. The van der Waals surface area contributed by atoms with Gasteiger partial charge in [-0.15, -0.1) is 0 Å². The molecule has 0 unspecified atom stereocenters. The molecule has 1 fully saturated rings. The molecule has 0 aliphatic carbocycles. The minimum absolute atomic E-state index is 0.0201. The van der Waals surface area contributed by atoms with Gasteiger partial charge in [0.1, 0.15) is 11.6 Å². The third kappa shape index (κ3) is 7.28. The largest absolute Gasteiger partial charge is 0.463 e. The zero-order valence-corrected chi connectivity index (χ0v) is 22.2. The first-order chi connectivity index (χ1) is 18.5. The van der Waals surface area contributed by atoms with Crippen molar-refractivity contribution in [2.45, 2.75) is 6.92 Å². The number of nitrogens with one attached hydrogen (secondary N) is 1. The molecule has 1 aliphatic rings. The summed E-state index contributed by atoms with van der Waals surface area (Å²) in [4.78, 5) is 25.8. The van der Waals surface area contributed by atoms with Crippen molar-refractivity contribution in [3.63, 3.8) is 0 Å². The zero-order valence-electron chi connectivity index (χ0n) is 21.5. The van der Waals surface area contributed by atoms with Crippen molar-refractivity contribution in [2.24, 2.45) is 0 Å². The quantitative estimate of drug-likeness (QED) is 0.284. The summed E-state index contributed by atoms with van der Waals surface area (Å²) in [6.45, 7) is 7.02. The highest BCUT2D eigenvalue weighted by molar-refractivity contribution is 6.31. The van der Waals surface area contributed by atoms with E-state index in [9.17, 15) is 9.18 Å². The van der Waals surface area contributed by atoms with E-state index >= 15 is 0 Å². The van der Waals surface area contributed by atoms with Crippen molar-refractivity contribution in [3.05, 3.63) is 71.1 Å². The Hall–Kier alpha value is -3.53. The van der Waals surface area contributed by atoms with Crippen molar-refractivity contribution in [1.82, 2.24) is 14.9 Å². The highest BCUT2D eigenvalue weighted by Gasteiger charge is 2.22. The van der Waals surface area contributed by atoms with Crippen LogP contribution >= 0.6 is 11.6 Å². The van der Waals surface area contributed by atoms with Crippen LogP contribution in [0.2, 0.25) is 5.02 Å². The fraction of sp³-hybridized carbons (Fsp3) is 0.321. The number of ether oxygens (including phenoxy) is 2. The van der Waals surface area contributed by atoms with Gasteiger partial charge in [0, 0.05) is 63.4 Å². The number of anilines is 3. The van der Waals surface area contributed by atoms with Crippen LogP contribution in [0.25, 0.3) is 17.2 Å². The van der Waals surface area contributed by atoms with Crippen LogP contribution in [-0.4, -0.2) is 73.9 Å². The molecule has 4 rings (SSSR count). The van der Waals surface area contributed by atoms with E-state index in [1.807, 2.05) is 24.3 Å². The summed E-state index contributed by atoms with van der Waals surface area (Å²) in [5.41, 5.74) is 3.23. The number of nitrogens with zero attached hydrogens (tertiary/aromatic N) is 4. The number of carbonyl (C=O) groups is 1. The van der Waals surface area contributed by atoms with Gasteiger partial charge in [-0.3, -0.25) is 4.90 Å². The number of hydrogen-bond acceptors (Lipinski definition) is 8. The van der Waals surface area contributed by atoms with Crippen molar-refractivity contribution in [2.75, 3.05) is 63.3 Å². The molecule has 0 amide bonds. The number of carbonyl (C=O) groups excluding carboxylic acids is 1. The molecule has 0 saturated carbocycles. The molecule has 1 N–H and O–H groups in total. The van der Waals surface area contributed by atoms with Gasteiger partial charge < -0.3 is 19.7 Å². The molecular formula is C28H31ClFN5O3. The van der Waals surface area contributed by atoms with Crippen LogP contribution in [0.5, 0.6) is 0 Å². The van der Waals surface area contributed by atoms with Crippen LogP contribution < -0.4 is 10.2 Å². The van der Waals surface area contributed by atoms with Gasteiger partial charge in [-0.25, -0.2) is 14.2 Å². The molecular weight excluding hydrogens is 509 g/mol. The maximum absolute atomic E-state index is 13.6. The second-order valence-corrected chi connectivity index (χ2v) is 9.12. The Morgan fingerprint density at radius 3 is 2.74 bits per heavy atom. The average molecular weight is 540 g/mol. The zero-order chi connectivity index (χ0) is 26.9. The van der Waals surface area contributed by atoms with Gasteiger partial charge in [-0.2, -0.15) is 4.98 Å². The van der Waals surface area contributed by atoms with E-state index in [0.29, 0.717) is 24.8 Å². The van der Waals surface area contributed by atoms with E-state index in [2.05, 4.69) is 20.1 Å². The monoisotopic (exact) mass is 539 g/mol. The predicted octanol–water partition coefficient (Wildman–Crippen LogP) is 5.02. The molecule has 2 heterocycles. The maximum Gasteiger partial charge on any atom is 0.330 e. The van der Waals surface area contributed by atoms with Gasteiger partial charge >= 0.3 is 5.97 Å². The normalized spacial score (nSPS) is 14.2. The Kier molecular flexibility index (Phi) is 9.64. The van der Waals surface area contributed by atoms with Gasteiger partial charge in [0.15, 0.2) is 0 Å². The fourth-order valence-electron chi connectivity index (χ4n) is 4.15. The van der Waals surface area contributed by atoms with E-state index in [-0.39, 0.29) is 11.0 Å². The lowest BCUT2D eigenvalue weighted by molar-refractivity contribution is -0.137. The Morgan fingerprint density at radius 1 is 1.18 bits per heavy atom. The van der Waals surface area contributed by atoms with Gasteiger partial charge in [-0.1, -0.05) is 29.8 Å². The van der Waals surface area contributed by atoms with Crippen LogP contribution in [0.3, 0.4) is 0 Å². The van der Waals surface area contributed by atoms with Crippen LogP contribution in [0.1, 0.15) is 12.5 Å². The Bertz CT molecular complexity index is 1280. The smallest absolute Gasteiger partial charge is 0.330 e. The van der Waals surface area contributed by atoms with Crippen molar-refractivity contribution in [1.29, 1.82) is 0 Å². The summed E-state index contributed by atoms with van der Waals surface area (Å²) in [6, 6.07) is 12.2. The third-order valence-corrected chi connectivity index (χ3v) is 6.41. The number of hydrogen-bond donors (Lipinski definition) is 1. The molecule has 3 aromatic rings. The molecule has 38 heavy (non-hydrogen) atoms. The molecule has 2 aromatic carbocycles. The number of aromatic nitrogens is 2. The van der Waals surface area contributed by atoms with E-state index in [0.717, 1.165) is 55.2 Å². The van der Waals surface area contributed by atoms with Gasteiger partial charge in [0.05, 0.1) is 18.2 Å². The van der Waals surface area contributed by atoms with Gasteiger partial charge in [0.25, 0.3) is 0 Å². The lowest BCUT2D eigenvalue weighted by Gasteiger charge is -2.36. The Morgan fingerprint density at radius 2 is 2.00 bits per heavy atom. The molecule has 0 bridgehead atoms. The van der Waals surface area contributed by atoms with Crippen LogP contribution in [-0.2, 0) is 14.3 Å². The molecule has 0 atom stereocenters. The standard InChI is InChI=1S/C28H31ClFN5O3/c1-3-38-26(36)10-7-20-5-4-6-21(17-20)23-19-31-28(32-22-8-9-25(30)24(29)18-22)33-27(23)35-13-11-34(12-14-35)15-16-37-2/h4-10,17-19H,3,11-16H2,1-2H3,(H,31,32,33)/b10-7+. The highest BCUT2D eigenvalue weighted by atomic mass is 35.5. The second-order valence-electron chi connectivity index (χ2n) is 8.72. The number of esters is 1. The van der Waals surface area contributed by atoms with Crippen molar-refractivity contribution >= 4 is 41.1 Å². The molecule has 1 aromatic heterocycles. The first-order valence-corrected chi connectivity index (χ1v) is 12.8. The summed E-state index contributed by atoms with van der Waals surface area (Å²) >= 11 is 5.95. The predicted molar refractivity (Wildman–Crippen MR) is 148 cm³/mol. The van der Waals surface area contributed by atoms with Gasteiger partial charge in [0.2, 0.25) is 5.95 Å². The van der Waals surface area contributed by atoms with E-state index in [1.54, 1.807) is 32.4 Å². The SMILES string of the molecule is CCOC(=O)/C=C/c1cccc(-c2cnc(Nc3ccc(F)c(Cl)c3)nc2N2CCN(CCOC)CC2)c1. The average Bonchev–Trinajstić information content (AvgIpc) is 2.93. The van der Waals surface area contributed by atoms with Crippen molar-refractivity contribution < 1.29 is 18.7 Å². The number of methoxy groups -OCH3 is 1. The van der Waals surface area contributed by atoms with Crippen molar-refractivity contribution in [3.8, 4) is 11.1 Å². The Labute approximate surface area is 227 Å². The first-order valence-electron chi connectivity index (χ1n) is 12.5. The molecule has 1 aliphatic heterocycles. The summed E-state index contributed by atoms with van der Waals surface area (Å²) in [5.74, 6) is 0.294. The van der Waals surface area contributed by atoms with E-state index in [4.69, 9.17) is 26.1 Å². The topological polar surface area (TPSA) is 79.8 Å². The summed E-state index contributed by atoms with van der Waals surface area (Å²) < 4.78 is 23.8. The number of halogens is 2. The summed E-state index contributed by atoms with van der Waals surface area (Å²) in [6.07, 6.45) is 4.92. The van der Waals surface area contributed by atoms with Crippen LogP contribution in [0, 0.1) is 5.82 Å². The molecule has 200 valence electrons. The molecule has 1 saturated heterocycles. The van der Waals surface area contributed by atoms with E-state index < -0.39 is 5.82 Å². The number of rotatable bonds is 10. The molecule has 8 nitrogen and oxygen atoms in total. The van der Waals surface area contributed by atoms with Crippen LogP contribution in [0.4, 0.5) is 21.8 Å². The third-order valence-electron chi connectivity index (χ3n) is 6.12. The first kappa shape index (κ1) is 27.5.